The van der Waals surface area contributed by atoms with Gasteiger partial charge in [0.1, 0.15) is 0 Å². The third-order valence-corrected chi connectivity index (χ3v) is 3.23. The van der Waals surface area contributed by atoms with Crippen LogP contribution in [0.3, 0.4) is 0 Å². The van der Waals surface area contributed by atoms with E-state index in [4.69, 9.17) is 0 Å². The summed E-state index contributed by atoms with van der Waals surface area (Å²) < 4.78 is 0. The predicted octanol–water partition coefficient (Wildman–Crippen LogP) is 2.68. The fourth-order valence-electron chi connectivity index (χ4n) is 2.33. The fourth-order valence-corrected chi connectivity index (χ4v) is 2.33. The number of para-hydroxylation sites is 1. The van der Waals surface area contributed by atoms with Crippen molar-refractivity contribution in [1.82, 2.24) is 0 Å². The van der Waals surface area contributed by atoms with Crippen molar-refractivity contribution in [3.63, 3.8) is 0 Å². The molecule has 0 aromatic heterocycles. The summed E-state index contributed by atoms with van der Waals surface area (Å²) in [4.78, 5) is 22.2. The lowest BCUT2D eigenvalue weighted by Crippen LogP contribution is -2.13. The number of nitrogens with zero attached hydrogens (tertiary/aromatic N) is 1. The number of amides is 1. The van der Waals surface area contributed by atoms with Crippen LogP contribution in [0.25, 0.3) is 0 Å². The Balaban J connectivity index is 2.02. The van der Waals surface area contributed by atoms with Crippen LogP contribution in [0.2, 0.25) is 0 Å². The van der Waals surface area contributed by atoms with Gasteiger partial charge in [0.25, 0.3) is 5.69 Å². The van der Waals surface area contributed by atoms with Crippen molar-refractivity contribution in [3.8, 4) is 0 Å². The Morgan fingerprint density at radius 2 is 1.74 bits per heavy atom. The number of nitrogens with one attached hydrogen (secondary N) is 1. The van der Waals surface area contributed by atoms with Gasteiger partial charge in [0, 0.05) is 17.8 Å². The van der Waals surface area contributed by atoms with Crippen LogP contribution in [-0.4, -0.2) is 10.8 Å². The second kappa shape index (κ2) is 4.20. The monoisotopic (exact) mass is 254 g/mol. The molecule has 1 amide bonds. The number of carbonyl (C=O) groups excluding carboxylic acids is 1. The van der Waals surface area contributed by atoms with E-state index in [1.807, 2.05) is 24.3 Å². The number of non-ortho nitro benzene ring substituents is 1. The maximum absolute atomic E-state index is 12.0. The van der Waals surface area contributed by atoms with Crippen LogP contribution in [-0.2, 0) is 4.79 Å². The molecule has 0 saturated heterocycles. The van der Waals surface area contributed by atoms with E-state index >= 15 is 0 Å². The first-order chi connectivity index (χ1) is 9.16. The number of carbonyl (C=O) groups is 1. The smallest absolute Gasteiger partial charge is 0.269 e. The highest BCUT2D eigenvalue weighted by atomic mass is 16.6. The lowest BCUT2D eigenvalue weighted by Gasteiger charge is -2.08. The van der Waals surface area contributed by atoms with Gasteiger partial charge in [-0.25, -0.2) is 0 Å². The largest absolute Gasteiger partial charge is 0.325 e. The van der Waals surface area contributed by atoms with Crippen molar-refractivity contribution in [2.75, 3.05) is 5.32 Å². The van der Waals surface area contributed by atoms with E-state index in [2.05, 4.69) is 5.32 Å². The molecule has 0 aliphatic carbocycles. The van der Waals surface area contributed by atoms with Gasteiger partial charge in [0.15, 0.2) is 0 Å². The Labute approximate surface area is 109 Å². The van der Waals surface area contributed by atoms with Crippen LogP contribution in [0.5, 0.6) is 0 Å². The van der Waals surface area contributed by atoms with Gasteiger partial charge in [0.05, 0.1) is 10.8 Å². The molecular weight excluding hydrogens is 244 g/mol. The topological polar surface area (TPSA) is 72.2 Å². The molecule has 2 aromatic rings. The maximum atomic E-state index is 12.0. The summed E-state index contributed by atoms with van der Waals surface area (Å²) in [5, 5.41) is 13.4. The SMILES string of the molecule is O=C1Nc2ccccc2[C@H]1c1ccc([N+](=O)[O-])cc1. The van der Waals surface area contributed by atoms with E-state index in [0.717, 1.165) is 16.8 Å². The number of hydrogen-bond donors (Lipinski definition) is 1. The Morgan fingerprint density at radius 3 is 2.42 bits per heavy atom. The second-order valence-corrected chi connectivity index (χ2v) is 4.36. The van der Waals surface area contributed by atoms with Gasteiger partial charge < -0.3 is 5.32 Å². The van der Waals surface area contributed by atoms with E-state index < -0.39 is 10.8 Å². The van der Waals surface area contributed by atoms with E-state index in [-0.39, 0.29) is 11.6 Å². The highest BCUT2D eigenvalue weighted by Crippen LogP contribution is 2.37. The normalized spacial score (nSPS) is 16.8. The summed E-state index contributed by atoms with van der Waals surface area (Å²) in [6.07, 6.45) is 0. The average Bonchev–Trinajstić information content (AvgIpc) is 2.74. The zero-order valence-corrected chi connectivity index (χ0v) is 9.87. The van der Waals surface area contributed by atoms with Crippen molar-refractivity contribution in [2.45, 2.75) is 5.92 Å². The molecule has 3 rings (SSSR count). The first kappa shape index (κ1) is 11.4. The standard InChI is InChI=1S/C14H10N2O3/c17-14-13(11-3-1-2-4-12(11)15-14)9-5-7-10(8-6-9)16(18)19/h1-8,13H,(H,15,17)/t13-/m1/s1. The minimum absolute atomic E-state index is 0.0236. The zero-order valence-electron chi connectivity index (χ0n) is 9.87. The lowest BCUT2D eigenvalue weighted by atomic mass is 9.92. The fraction of sp³-hybridized carbons (Fsp3) is 0.0714. The Bertz CT molecular complexity index is 665. The molecule has 1 atom stereocenters. The average molecular weight is 254 g/mol. The molecule has 1 N–H and O–H groups in total. The van der Waals surface area contributed by atoms with Crippen LogP contribution < -0.4 is 5.32 Å². The first-order valence-corrected chi connectivity index (χ1v) is 5.81. The zero-order chi connectivity index (χ0) is 13.4. The summed E-state index contributed by atoms with van der Waals surface area (Å²) in [5.74, 6) is -0.493. The van der Waals surface area contributed by atoms with E-state index in [9.17, 15) is 14.9 Å². The molecule has 0 spiro atoms. The van der Waals surface area contributed by atoms with Crippen LogP contribution in [0, 0.1) is 10.1 Å². The number of rotatable bonds is 2. The van der Waals surface area contributed by atoms with Crippen molar-refractivity contribution in [3.05, 3.63) is 69.8 Å². The second-order valence-electron chi connectivity index (χ2n) is 4.36. The molecule has 0 unspecified atom stereocenters. The molecule has 2 aromatic carbocycles. The number of nitro groups is 1. The predicted molar refractivity (Wildman–Crippen MR) is 70.0 cm³/mol. The number of hydrogen-bond acceptors (Lipinski definition) is 3. The molecule has 0 fully saturated rings. The minimum atomic E-state index is -0.452. The number of fused-ring (bicyclic) bond motifs is 1. The number of benzene rings is 2. The van der Waals surface area contributed by atoms with Gasteiger partial charge in [-0.3, -0.25) is 14.9 Å². The molecule has 0 saturated carbocycles. The molecule has 0 bridgehead atoms. The highest BCUT2D eigenvalue weighted by Gasteiger charge is 2.31. The molecule has 5 nitrogen and oxygen atoms in total. The van der Waals surface area contributed by atoms with Crippen LogP contribution in [0.15, 0.2) is 48.5 Å². The molecule has 5 heteroatoms. The van der Waals surface area contributed by atoms with Crippen molar-refractivity contribution >= 4 is 17.3 Å². The van der Waals surface area contributed by atoms with Gasteiger partial charge in [-0.05, 0) is 17.2 Å². The summed E-state index contributed by atoms with van der Waals surface area (Å²) >= 11 is 0. The van der Waals surface area contributed by atoms with E-state index in [1.54, 1.807) is 12.1 Å². The summed E-state index contributed by atoms with van der Waals surface area (Å²) in [5.41, 5.74) is 2.49. The van der Waals surface area contributed by atoms with Gasteiger partial charge in [-0.15, -0.1) is 0 Å². The van der Waals surface area contributed by atoms with Gasteiger partial charge in [0.2, 0.25) is 5.91 Å². The molecule has 1 heterocycles. The highest BCUT2D eigenvalue weighted by molar-refractivity contribution is 6.05. The van der Waals surface area contributed by atoms with Gasteiger partial charge in [-0.2, -0.15) is 0 Å². The lowest BCUT2D eigenvalue weighted by molar-refractivity contribution is -0.384. The van der Waals surface area contributed by atoms with Crippen LogP contribution in [0.1, 0.15) is 17.0 Å². The maximum Gasteiger partial charge on any atom is 0.269 e. The Kier molecular flexibility index (Phi) is 2.52. The van der Waals surface area contributed by atoms with Gasteiger partial charge >= 0.3 is 0 Å². The quantitative estimate of drug-likeness (QED) is 0.661. The van der Waals surface area contributed by atoms with E-state index in [1.165, 1.54) is 12.1 Å². The van der Waals surface area contributed by atoms with Crippen LogP contribution >= 0.6 is 0 Å². The number of anilines is 1. The summed E-state index contributed by atoms with van der Waals surface area (Å²) in [7, 11) is 0. The third kappa shape index (κ3) is 1.85. The van der Waals surface area contributed by atoms with Crippen molar-refractivity contribution < 1.29 is 9.72 Å². The van der Waals surface area contributed by atoms with E-state index in [0.29, 0.717) is 0 Å². The minimum Gasteiger partial charge on any atom is -0.325 e. The number of nitro benzene ring substituents is 1. The summed E-state index contributed by atoms with van der Waals surface area (Å²) in [6, 6.07) is 13.6. The van der Waals surface area contributed by atoms with Crippen molar-refractivity contribution in [2.24, 2.45) is 0 Å². The molecule has 94 valence electrons. The Hall–Kier alpha value is -2.69. The summed E-state index contributed by atoms with van der Waals surface area (Å²) in [6.45, 7) is 0. The molecular formula is C14H10N2O3. The first-order valence-electron chi connectivity index (χ1n) is 5.81. The molecule has 1 aliphatic rings. The molecule has 19 heavy (non-hydrogen) atoms. The Morgan fingerprint density at radius 1 is 1.05 bits per heavy atom. The third-order valence-electron chi connectivity index (χ3n) is 3.23. The molecule has 0 radical (unpaired) electrons. The van der Waals surface area contributed by atoms with Crippen molar-refractivity contribution in [1.29, 1.82) is 0 Å². The van der Waals surface area contributed by atoms with Crippen LogP contribution in [0.4, 0.5) is 11.4 Å². The van der Waals surface area contributed by atoms with Gasteiger partial charge in [-0.1, -0.05) is 30.3 Å². The molecule has 1 aliphatic heterocycles.